The SMILES string of the molecule is Cc1cccc(N)c1NC(=O)CSc1nnc(C)n1C. The third-order valence-corrected chi connectivity index (χ3v) is 3.97. The van der Waals surface area contributed by atoms with Crippen molar-refractivity contribution in [3.8, 4) is 0 Å². The van der Waals surface area contributed by atoms with E-state index in [4.69, 9.17) is 5.73 Å². The minimum Gasteiger partial charge on any atom is -0.397 e. The van der Waals surface area contributed by atoms with Crippen LogP contribution >= 0.6 is 11.8 Å². The fraction of sp³-hybridized carbons (Fsp3) is 0.308. The molecule has 2 aromatic rings. The van der Waals surface area contributed by atoms with Gasteiger partial charge in [-0.1, -0.05) is 23.9 Å². The van der Waals surface area contributed by atoms with Gasteiger partial charge in [-0.3, -0.25) is 4.79 Å². The number of benzene rings is 1. The van der Waals surface area contributed by atoms with Crippen molar-refractivity contribution in [2.45, 2.75) is 19.0 Å². The Bertz CT molecular complexity index is 617. The number of anilines is 2. The third kappa shape index (κ3) is 3.11. The molecule has 106 valence electrons. The highest BCUT2D eigenvalue weighted by atomic mass is 32.2. The fourth-order valence-corrected chi connectivity index (χ4v) is 2.44. The number of hydrogen-bond acceptors (Lipinski definition) is 5. The molecule has 3 N–H and O–H groups in total. The van der Waals surface area contributed by atoms with Crippen molar-refractivity contribution in [2.75, 3.05) is 16.8 Å². The van der Waals surface area contributed by atoms with Crippen LogP contribution in [0.1, 0.15) is 11.4 Å². The molecule has 7 heteroatoms. The summed E-state index contributed by atoms with van der Waals surface area (Å²) in [5.41, 5.74) is 8.04. The zero-order chi connectivity index (χ0) is 14.7. The fourth-order valence-electron chi connectivity index (χ4n) is 1.68. The van der Waals surface area contributed by atoms with Crippen molar-refractivity contribution in [2.24, 2.45) is 7.05 Å². The second kappa shape index (κ2) is 5.96. The summed E-state index contributed by atoms with van der Waals surface area (Å²) in [6.45, 7) is 3.77. The predicted octanol–water partition coefficient (Wildman–Crippen LogP) is 1.74. The van der Waals surface area contributed by atoms with E-state index in [1.807, 2.05) is 37.6 Å². The Morgan fingerprint density at radius 1 is 1.40 bits per heavy atom. The molecule has 1 heterocycles. The Morgan fingerprint density at radius 2 is 2.15 bits per heavy atom. The topological polar surface area (TPSA) is 85.8 Å². The van der Waals surface area contributed by atoms with E-state index >= 15 is 0 Å². The number of hydrogen-bond donors (Lipinski definition) is 2. The summed E-state index contributed by atoms with van der Waals surface area (Å²) in [6, 6.07) is 5.53. The lowest BCUT2D eigenvalue weighted by Gasteiger charge is -2.10. The van der Waals surface area contributed by atoms with Crippen LogP contribution < -0.4 is 11.1 Å². The maximum absolute atomic E-state index is 12.0. The zero-order valence-corrected chi connectivity index (χ0v) is 12.5. The van der Waals surface area contributed by atoms with E-state index in [2.05, 4.69) is 15.5 Å². The number of amides is 1. The molecule has 0 saturated carbocycles. The molecule has 6 nitrogen and oxygen atoms in total. The summed E-state index contributed by atoms with van der Waals surface area (Å²) in [5.74, 6) is 0.965. The van der Waals surface area contributed by atoms with Crippen molar-refractivity contribution >= 4 is 29.0 Å². The second-order valence-corrected chi connectivity index (χ2v) is 5.41. The summed E-state index contributed by atoms with van der Waals surface area (Å²) in [4.78, 5) is 12.0. The van der Waals surface area contributed by atoms with Crippen molar-refractivity contribution in [3.05, 3.63) is 29.6 Å². The molecule has 0 aliphatic rings. The van der Waals surface area contributed by atoms with Crippen molar-refractivity contribution in [1.29, 1.82) is 0 Å². The van der Waals surface area contributed by atoms with E-state index < -0.39 is 0 Å². The summed E-state index contributed by atoms with van der Waals surface area (Å²) >= 11 is 1.34. The minimum atomic E-state index is -0.114. The molecular weight excluding hydrogens is 274 g/mol. The number of nitrogens with zero attached hydrogens (tertiary/aromatic N) is 3. The van der Waals surface area contributed by atoms with Crippen LogP contribution in [0.3, 0.4) is 0 Å². The van der Waals surface area contributed by atoms with Gasteiger partial charge in [0, 0.05) is 7.05 Å². The Hall–Kier alpha value is -2.02. The molecule has 0 aliphatic carbocycles. The van der Waals surface area contributed by atoms with Crippen LogP contribution in [0.5, 0.6) is 0 Å². The van der Waals surface area contributed by atoms with E-state index in [0.29, 0.717) is 11.4 Å². The molecule has 0 aliphatic heterocycles. The molecule has 1 amide bonds. The van der Waals surface area contributed by atoms with Crippen LogP contribution in [-0.4, -0.2) is 26.4 Å². The van der Waals surface area contributed by atoms with Gasteiger partial charge in [0.1, 0.15) is 5.82 Å². The summed E-state index contributed by atoms with van der Waals surface area (Å²) in [7, 11) is 1.87. The van der Waals surface area contributed by atoms with Gasteiger partial charge in [-0.15, -0.1) is 10.2 Å². The number of para-hydroxylation sites is 1. The first kappa shape index (κ1) is 14.4. The summed E-state index contributed by atoms with van der Waals surface area (Å²) in [5, 5.41) is 11.5. The van der Waals surface area contributed by atoms with Gasteiger partial charge in [-0.25, -0.2) is 0 Å². The van der Waals surface area contributed by atoms with Crippen LogP contribution in [0.15, 0.2) is 23.4 Å². The smallest absolute Gasteiger partial charge is 0.234 e. The van der Waals surface area contributed by atoms with Crippen LogP contribution in [0.25, 0.3) is 0 Å². The Kier molecular flexibility index (Phi) is 4.29. The Labute approximate surface area is 121 Å². The highest BCUT2D eigenvalue weighted by Crippen LogP contribution is 2.23. The van der Waals surface area contributed by atoms with Crippen LogP contribution in [-0.2, 0) is 11.8 Å². The minimum absolute atomic E-state index is 0.114. The average molecular weight is 291 g/mol. The third-order valence-electron chi connectivity index (χ3n) is 2.95. The molecule has 0 spiro atoms. The highest BCUT2D eigenvalue weighted by molar-refractivity contribution is 7.99. The first-order valence-electron chi connectivity index (χ1n) is 6.12. The molecule has 0 saturated heterocycles. The molecule has 0 bridgehead atoms. The number of aryl methyl sites for hydroxylation is 2. The molecule has 20 heavy (non-hydrogen) atoms. The summed E-state index contributed by atoms with van der Waals surface area (Å²) in [6.07, 6.45) is 0. The number of carbonyl (C=O) groups excluding carboxylic acids is 1. The quantitative estimate of drug-likeness (QED) is 0.662. The number of carbonyl (C=O) groups is 1. The number of rotatable bonds is 4. The van der Waals surface area contributed by atoms with E-state index in [1.165, 1.54) is 11.8 Å². The molecule has 2 rings (SSSR count). The molecule has 0 atom stereocenters. The first-order valence-corrected chi connectivity index (χ1v) is 7.11. The van der Waals surface area contributed by atoms with E-state index in [1.54, 1.807) is 6.07 Å². The maximum Gasteiger partial charge on any atom is 0.234 e. The lowest BCUT2D eigenvalue weighted by atomic mass is 10.1. The van der Waals surface area contributed by atoms with Crippen molar-refractivity contribution in [1.82, 2.24) is 14.8 Å². The van der Waals surface area contributed by atoms with Crippen LogP contribution in [0.4, 0.5) is 11.4 Å². The number of nitrogens with one attached hydrogen (secondary N) is 1. The molecule has 0 fully saturated rings. The number of nitrogens with two attached hydrogens (primary N) is 1. The molecule has 0 unspecified atom stereocenters. The Morgan fingerprint density at radius 3 is 2.75 bits per heavy atom. The van der Waals surface area contributed by atoms with E-state index in [0.717, 1.165) is 16.5 Å². The van der Waals surface area contributed by atoms with E-state index in [9.17, 15) is 4.79 Å². The van der Waals surface area contributed by atoms with Crippen molar-refractivity contribution < 1.29 is 4.79 Å². The van der Waals surface area contributed by atoms with Gasteiger partial charge < -0.3 is 15.6 Å². The van der Waals surface area contributed by atoms with Gasteiger partial charge >= 0.3 is 0 Å². The van der Waals surface area contributed by atoms with Gasteiger partial charge in [-0.05, 0) is 25.5 Å². The first-order chi connectivity index (χ1) is 9.49. The monoisotopic (exact) mass is 291 g/mol. The van der Waals surface area contributed by atoms with Gasteiger partial charge in [0.25, 0.3) is 0 Å². The molecule has 1 aromatic heterocycles. The predicted molar refractivity (Wildman–Crippen MR) is 80.7 cm³/mol. The van der Waals surface area contributed by atoms with E-state index in [-0.39, 0.29) is 11.7 Å². The van der Waals surface area contributed by atoms with Gasteiger partial charge in [-0.2, -0.15) is 0 Å². The number of thioether (sulfide) groups is 1. The summed E-state index contributed by atoms with van der Waals surface area (Å²) < 4.78 is 1.85. The largest absolute Gasteiger partial charge is 0.397 e. The standard InChI is InChI=1S/C13H17N5OS/c1-8-5-4-6-10(14)12(8)15-11(19)7-20-13-17-16-9(2)18(13)3/h4-6H,7,14H2,1-3H3,(H,15,19). The normalized spacial score (nSPS) is 10.6. The number of nitrogen functional groups attached to an aromatic ring is 1. The molecular formula is C13H17N5OS. The average Bonchev–Trinajstić information content (AvgIpc) is 2.72. The zero-order valence-electron chi connectivity index (χ0n) is 11.7. The maximum atomic E-state index is 12.0. The number of aromatic nitrogens is 3. The lowest BCUT2D eigenvalue weighted by Crippen LogP contribution is -2.16. The second-order valence-electron chi connectivity index (χ2n) is 4.46. The van der Waals surface area contributed by atoms with Crippen molar-refractivity contribution in [3.63, 3.8) is 0 Å². The molecule has 1 aromatic carbocycles. The van der Waals surface area contributed by atoms with Gasteiger partial charge in [0.2, 0.25) is 5.91 Å². The Balaban J connectivity index is 1.98. The molecule has 0 radical (unpaired) electrons. The lowest BCUT2D eigenvalue weighted by molar-refractivity contribution is -0.113. The highest BCUT2D eigenvalue weighted by Gasteiger charge is 2.11. The van der Waals surface area contributed by atoms with Crippen LogP contribution in [0.2, 0.25) is 0 Å². The van der Waals surface area contributed by atoms with Crippen LogP contribution in [0, 0.1) is 13.8 Å². The van der Waals surface area contributed by atoms with Gasteiger partial charge in [0.15, 0.2) is 5.16 Å². The van der Waals surface area contributed by atoms with Gasteiger partial charge in [0.05, 0.1) is 17.1 Å².